The first kappa shape index (κ1) is 11.9. The average Bonchev–Trinajstić information content (AvgIpc) is 2.35. The topological polar surface area (TPSA) is 24.9 Å². The van der Waals surface area contributed by atoms with Crippen molar-refractivity contribution in [3.05, 3.63) is 42.1 Å². The predicted octanol–water partition coefficient (Wildman–Crippen LogP) is 3.15. The van der Waals surface area contributed by atoms with Crippen molar-refractivity contribution in [2.24, 2.45) is 0 Å². The Bertz CT molecular complexity index is 499. The van der Waals surface area contributed by atoms with Crippen LogP contribution in [0, 0.1) is 0 Å². The summed E-state index contributed by atoms with van der Waals surface area (Å²) in [6.45, 7) is 2.33. The molecule has 2 aromatic rings. The third-order valence-corrected chi connectivity index (χ3v) is 2.66. The monoisotopic (exact) mass is 236 g/mol. The standard InChI is InChI=1S/C13H14F2N2/c1-2-16-12(13(14)15)10-5-6-11-9(8-10)4-3-7-17-11/h3-8,12-13,16H,2H2,1H3. The zero-order valence-electron chi connectivity index (χ0n) is 9.53. The van der Waals surface area contributed by atoms with Crippen LogP contribution in [-0.4, -0.2) is 18.0 Å². The van der Waals surface area contributed by atoms with E-state index in [2.05, 4.69) is 10.3 Å². The van der Waals surface area contributed by atoms with Gasteiger partial charge in [-0.3, -0.25) is 4.98 Å². The van der Waals surface area contributed by atoms with Crippen LogP contribution in [0.5, 0.6) is 0 Å². The summed E-state index contributed by atoms with van der Waals surface area (Å²) in [6, 6.07) is 8.01. The van der Waals surface area contributed by atoms with Crippen LogP contribution in [0.4, 0.5) is 8.78 Å². The van der Waals surface area contributed by atoms with E-state index in [4.69, 9.17) is 0 Å². The highest BCUT2D eigenvalue weighted by molar-refractivity contribution is 5.79. The van der Waals surface area contributed by atoms with Gasteiger partial charge in [0.25, 0.3) is 6.43 Å². The van der Waals surface area contributed by atoms with Crippen molar-refractivity contribution in [1.29, 1.82) is 0 Å². The molecule has 0 saturated heterocycles. The van der Waals surface area contributed by atoms with E-state index in [1.54, 1.807) is 30.5 Å². The maximum Gasteiger partial charge on any atom is 0.257 e. The van der Waals surface area contributed by atoms with Crippen molar-refractivity contribution in [2.45, 2.75) is 19.4 Å². The van der Waals surface area contributed by atoms with Gasteiger partial charge in [-0.2, -0.15) is 0 Å². The SMILES string of the molecule is CCNC(c1ccc2ncccc2c1)C(F)F. The highest BCUT2D eigenvalue weighted by atomic mass is 19.3. The molecule has 1 N–H and O–H groups in total. The fourth-order valence-electron chi connectivity index (χ4n) is 1.86. The molecular formula is C13H14F2N2. The molecule has 0 radical (unpaired) electrons. The first-order chi connectivity index (χ1) is 8.22. The van der Waals surface area contributed by atoms with Gasteiger partial charge in [0.2, 0.25) is 0 Å². The van der Waals surface area contributed by atoms with Gasteiger partial charge < -0.3 is 5.32 Å². The summed E-state index contributed by atoms with van der Waals surface area (Å²) in [6.07, 6.45) is -0.722. The third-order valence-electron chi connectivity index (χ3n) is 2.66. The lowest BCUT2D eigenvalue weighted by molar-refractivity contribution is 0.0993. The maximum atomic E-state index is 12.9. The van der Waals surface area contributed by atoms with Crippen molar-refractivity contribution in [3.8, 4) is 0 Å². The molecule has 1 heterocycles. The van der Waals surface area contributed by atoms with Crippen molar-refractivity contribution in [2.75, 3.05) is 6.54 Å². The van der Waals surface area contributed by atoms with E-state index in [0.29, 0.717) is 12.1 Å². The first-order valence-corrected chi connectivity index (χ1v) is 5.58. The van der Waals surface area contributed by atoms with Crippen LogP contribution in [0.3, 0.4) is 0 Å². The number of pyridine rings is 1. The predicted molar refractivity (Wildman–Crippen MR) is 64.2 cm³/mol. The Balaban J connectivity index is 2.40. The molecule has 1 unspecified atom stereocenters. The molecule has 2 nitrogen and oxygen atoms in total. The lowest BCUT2D eigenvalue weighted by atomic mass is 10.0. The Morgan fingerprint density at radius 3 is 2.82 bits per heavy atom. The van der Waals surface area contributed by atoms with Crippen molar-refractivity contribution >= 4 is 10.9 Å². The lowest BCUT2D eigenvalue weighted by Gasteiger charge is -2.17. The molecule has 0 spiro atoms. The van der Waals surface area contributed by atoms with Gasteiger partial charge in [-0.15, -0.1) is 0 Å². The fourth-order valence-corrected chi connectivity index (χ4v) is 1.86. The number of nitrogens with zero attached hydrogens (tertiary/aromatic N) is 1. The zero-order valence-corrected chi connectivity index (χ0v) is 9.53. The Morgan fingerprint density at radius 1 is 1.29 bits per heavy atom. The van der Waals surface area contributed by atoms with E-state index in [1.165, 1.54) is 0 Å². The Kier molecular flexibility index (Phi) is 3.64. The van der Waals surface area contributed by atoms with Gasteiger partial charge in [0.1, 0.15) is 0 Å². The fraction of sp³-hybridized carbons (Fsp3) is 0.308. The van der Waals surface area contributed by atoms with Crippen molar-refractivity contribution in [3.63, 3.8) is 0 Å². The largest absolute Gasteiger partial charge is 0.306 e. The molecule has 1 aromatic heterocycles. The molecule has 0 fully saturated rings. The number of hydrogen-bond donors (Lipinski definition) is 1. The average molecular weight is 236 g/mol. The Morgan fingerprint density at radius 2 is 2.12 bits per heavy atom. The van der Waals surface area contributed by atoms with E-state index in [9.17, 15) is 8.78 Å². The summed E-state index contributed by atoms with van der Waals surface area (Å²) in [5.74, 6) is 0. The number of rotatable bonds is 4. The summed E-state index contributed by atoms with van der Waals surface area (Å²) in [5, 5.41) is 3.68. The Hall–Kier alpha value is -1.55. The second kappa shape index (κ2) is 5.19. The van der Waals surface area contributed by atoms with Gasteiger partial charge in [-0.25, -0.2) is 8.78 Å². The quantitative estimate of drug-likeness (QED) is 0.882. The first-order valence-electron chi connectivity index (χ1n) is 5.58. The van der Waals surface area contributed by atoms with Crippen LogP contribution in [0.2, 0.25) is 0 Å². The summed E-state index contributed by atoms with van der Waals surface area (Å²) < 4.78 is 25.8. The molecular weight excluding hydrogens is 222 g/mol. The van der Waals surface area contributed by atoms with Crippen molar-refractivity contribution < 1.29 is 8.78 Å². The van der Waals surface area contributed by atoms with Crippen LogP contribution < -0.4 is 5.32 Å². The number of halogens is 2. The number of aromatic nitrogens is 1. The molecule has 0 saturated carbocycles. The summed E-state index contributed by atoms with van der Waals surface area (Å²) in [7, 11) is 0. The minimum Gasteiger partial charge on any atom is -0.306 e. The van der Waals surface area contributed by atoms with Crippen LogP contribution in [-0.2, 0) is 0 Å². The van der Waals surface area contributed by atoms with Crippen LogP contribution in [0.1, 0.15) is 18.5 Å². The van der Waals surface area contributed by atoms with E-state index in [1.807, 2.05) is 13.0 Å². The number of nitrogens with one attached hydrogen (secondary N) is 1. The Labute approximate surface area is 98.7 Å². The number of benzene rings is 1. The highest BCUT2D eigenvalue weighted by Gasteiger charge is 2.21. The number of alkyl halides is 2. The van der Waals surface area contributed by atoms with Gasteiger partial charge >= 0.3 is 0 Å². The second-order valence-corrected chi connectivity index (χ2v) is 3.83. The molecule has 1 atom stereocenters. The summed E-state index contributed by atoms with van der Waals surface area (Å²) >= 11 is 0. The minimum atomic E-state index is -2.41. The van der Waals surface area contributed by atoms with Gasteiger partial charge in [0.15, 0.2) is 0 Å². The minimum absolute atomic E-state index is 0.514. The molecule has 0 aliphatic rings. The molecule has 0 bridgehead atoms. The van der Waals surface area contributed by atoms with E-state index in [0.717, 1.165) is 10.9 Å². The smallest absolute Gasteiger partial charge is 0.257 e. The molecule has 17 heavy (non-hydrogen) atoms. The second-order valence-electron chi connectivity index (χ2n) is 3.83. The van der Waals surface area contributed by atoms with Gasteiger partial charge in [-0.05, 0) is 30.3 Å². The molecule has 2 rings (SSSR count). The molecule has 0 aliphatic heterocycles. The van der Waals surface area contributed by atoms with Crippen molar-refractivity contribution in [1.82, 2.24) is 10.3 Å². The molecule has 90 valence electrons. The van der Waals surface area contributed by atoms with E-state index >= 15 is 0 Å². The maximum absolute atomic E-state index is 12.9. The van der Waals surface area contributed by atoms with Gasteiger partial charge in [-0.1, -0.05) is 19.1 Å². The summed E-state index contributed by atoms with van der Waals surface area (Å²) in [5.41, 5.74) is 1.42. The molecule has 1 aromatic carbocycles. The summed E-state index contributed by atoms with van der Waals surface area (Å²) in [4.78, 5) is 4.16. The van der Waals surface area contributed by atoms with E-state index in [-0.39, 0.29) is 0 Å². The van der Waals surface area contributed by atoms with E-state index < -0.39 is 12.5 Å². The molecule has 4 heteroatoms. The number of fused-ring (bicyclic) bond motifs is 1. The highest BCUT2D eigenvalue weighted by Crippen LogP contribution is 2.23. The number of hydrogen-bond acceptors (Lipinski definition) is 2. The van der Waals surface area contributed by atoms with Crippen LogP contribution in [0.25, 0.3) is 10.9 Å². The van der Waals surface area contributed by atoms with Crippen LogP contribution >= 0.6 is 0 Å². The zero-order chi connectivity index (χ0) is 12.3. The molecule has 0 aliphatic carbocycles. The third kappa shape index (κ3) is 2.58. The lowest BCUT2D eigenvalue weighted by Crippen LogP contribution is -2.27. The van der Waals surface area contributed by atoms with Gasteiger partial charge in [0, 0.05) is 11.6 Å². The van der Waals surface area contributed by atoms with Crippen LogP contribution in [0.15, 0.2) is 36.5 Å². The molecule has 0 amide bonds. The van der Waals surface area contributed by atoms with Gasteiger partial charge in [0.05, 0.1) is 11.6 Å². The normalized spacial score (nSPS) is 13.2.